The van der Waals surface area contributed by atoms with Crippen molar-refractivity contribution in [3.05, 3.63) is 0 Å². The van der Waals surface area contributed by atoms with Gasteiger partial charge in [0.1, 0.15) is 0 Å². The van der Waals surface area contributed by atoms with Crippen LogP contribution in [0.5, 0.6) is 0 Å². The predicted molar refractivity (Wildman–Crippen MR) is 64.1 cm³/mol. The standard InChI is InChI=1S/C12H24N2O2/c1-12(2,3)10(15)8-14-11(16)9-4-6-13-7-5-9/h9-10,13,15H,4-8H2,1-3H3,(H,14,16). The van der Waals surface area contributed by atoms with Crippen LogP contribution in [0.2, 0.25) is 0 Å². The van der Waals surface area contributed by atoms with Gasteiger partial charge in [0.15, 0.2) is 0 Å². The Bertz CT molecular complexity index is 230. The molecular formula is C12H24N2O2. The third kappa shape index (κ3) is 4.10. The van der Waals surface area contributed by atoms with Crippen molar-refractivity contribution in [2.24, 2.45) is 11.3 Å². The van der Waals surface area contributed by atoms with Gasteiger partial charge in [-0.15, -0.1) is 0 Å². The lowest BCUT2D eigenvalue weighted by Gasteiger charge is -2.27. The molecule has 1 rings (SSSR count). The first kappa shape index (κ1) is 13.5. The van der Waals surface area contributed by atoms with E-state index in [1.54, 1.807) is 0 Å². The fourth-order valence-electron chi connectivity index (χ4n) is 1.73. The zero-order chi connectivity index (χ0) is 12.2. The van der Waals surface area contributed by atoms with Crippen LogP contribution in [0, 0.1) is 11.3 Å². The number of aliphatic hydroxyl groups excluding tert-OH is 1. The van der Waals surface area contributed by atoms with E-state index in [-0.39, 0.29) is 17.2 Å². The molecule has 0 aliphatic carbocycles. The third-order valence-corrected chi connectivity index (χ3v) is 3.18. The number of hydrogen-bond donors (Lipinski definition) is 3. The molecule has 0 spiro atoms. The number of aliphatic hydroxyl groups is 1. The Labute approximate surface area is 97.8 Å². The minimum Gasteiger partial charge on any atom is -0.391 e. The Morgan fingerprint density at radius 2 is 2.00 bits per heavy atom. The van der Waals surface area contributed by atoms with Crippen LogP contribution in [0.15, 0.2) is 0 Å². The number of hydrogen-bond acceptors (Lipinski definition) is 3. The highest BCUT2D eigenvalue weighted by molar-refractivity contribution is 5.78. The van der Waals surface area contributed by atoms with Gasteiger partial charge in [-0.3, -0.25) is 4.79 Å². The second-order valence-electron chi connectivity index (χ2n) is 5.65. The summed E-state index contributed by atoms with van der Waals surface area (Å²) in [5, 5.41) is 15.9. The van der Waals surface area contributed by atoms with E-state index >= 15 is 0 Å². The Morgan fingerprint density at radius 3 is 2.50 bits per heavy atom. The van der Waals surface area contributed by atoms with Crippen molar-refractivity contribution in [2.45, 2.75) is 39.7 Å². The van der Waals surface area contributed by atoms with Gasteiger partial charge in [-0.25, -0.2) is 0 Å². The van der Waals surface area contributed by atoms with Gasteiger partial charge < -0.3 is 15.7 Å². The topological polar surface area (TPSA) is 61.4 Å². The van der Waals surface area contributed by atoms with Crippen molar-refractivity contribution in [2.75, 3.05) is 19.6 Å². The first-order valence-corrected chi connectivity index (χ1v) is 6.08. The van der Waals surface area contributed by atoms with Crippen molar-refractivity contribution < 1.29 is 9.90 Å². The Morgan fingerprint density at radius 1 is 1.44 bits per heavy atom. The van der Waals surface area contributed by atoms with Gasteiger partial charge in [0.25, 0.3) is 0 Å². The molecule has 1 aliphatic rings. The number of piperidine rings is 1. The smallest absolute Gasteiger partial charge is 0.223 e. The van der Waals surface area contributed by atoms with Gasteiger partial charge in [0, 0.05) is 12.5 Å². The summed E-state index contributed by atoms with van der Waals surface area (Å²) < 4.78 is 0. The minimum atomic E-state index is -0.488. The molecule has 1 aliphatic heterocycles. The monoisotopic (exact) mass is 228 g/mol. The van der Waals surface area contributed by atoms with E-state index < -0.39 is 6.10 Å². The molecule has 4 nitrogen and oxygen atoms in total. The summed E-state index contributed by atoms with van der Waals surface area (Å²) >= 11 is 0. The summed E-state index contributed by atoms with van der Waals surface area (Å²) in [6.45, 7) is 8.09. The average molecular weight is 228 g/mol. The highest BCUT2D eigenvalue weighted by Crippen LogP contribution is 2.18. The van der Waals surface area contributed by atoms with Gasteiger partial charge in [0.2, 0.25) is 5.91 Å². The quantitative estimate of drug-likeness (QED) is 0.659. The van der Waals surface area contributed by atoms with Gasteiger partial charge in [-0.05, 0) is 31.3 Å². The zero-order valence-corrected chi connectivity index (χ0v) is 10.5. The van der Waals surface area contributed by atoms with Gasteiger partial charge in [-0.2, -0.15) is 0 Å². The lowest BCUT2D eigenvalue weighted by atomic mass is 9.89. The van der Waals surface area contributed by atoms with Crippen LogP contribution in [0.3, 0.4) is 0 Å². The normalized spacial score (nSPS) is 20.5. The fraction of sp³-hybridized carbons (Fsp3) is 0.917. The van der Waals surface area contributed by atoms with Crippen molar-refractivity contribution >= 4 is 5.91 Å². The summed E-state index contributed by atoms with van der Waals surface area (Å²) in [7, 11) is 0. The molecule has 1 saturated heterocycles. The van der Waals surface area contributed by atoms with E-state index in [9.17, 15) is 9.90 Å². The zero-order valence-electron chi connectivity index (χ0n) is 10.5. The molecule has 0 aromatic rings. The second kappa shape index (κ2) is 5.64. The molecule has 1 atom stereocenters. The van der Waals surface area contributed by atoms with Gasteiger partial charge in [-0.1, -0.05) is 20.8 Å². The number of carbonyl (C=O) groups excluding carboxylic acids is 1. The van der Waals surface area contributed by atoms with Crippen LogP contribution in [-0.2, 0) is 4.79 Å². The maximum Gasteiger partial charge on any atom is 0.223 e. The largest absolute Gasteiger partial charge is 0.391 e. The van der Waals surface area contributed by atoms with Crippen molar-refractivity contribution in [1.82, 2.24) is 10.6 Å². The molecule has 0 aromatic heterocycles. The summed E-state index contributed by atoms with van der Waals surface area (Å²) in [5.74, 6) is 0.207. The van der Waals surface area contributed by atoms with E-state index in [1.165, 1.54) is 0 Å². The average Bonchev–Trinajstić information content (AvgIpc) is 2.25. The van der Waals surface area contributed by atoms with E-state index in [4.69, 9.17) is 0 Å². The van der Waals surface area contributed by atoms with Gasteiger partial charge >= 0.3 is 0 Å². The molecule has 94 valence electrons. The molecule has 4 heteroatoms. The Kier molecular flexibility index (Phi) is 4.74. The van der Waals surface area contributed by atoms with Crippen LogP contribution in [0.4, 0.5) is 0 Å². The molecule has 0 aromatic carbocycles. The molecule has 3 N–H and O–H groups in total. The predicted octanol–water partition coefficient (Wildman–Crippen LogP) is 0.509. The van der Waals surface area contributed by atoms with E-state index in [1.807, 2.05) is 20.8 Å². The molecule has 1 amide bonds. The second-order valence-corrected chi connectivity index (χ2v) is 5.65. The maximum absolute atomic E-state index is 11.8. The lowest BCUT2D eigenvalue weighted by Crippen LogP contribution is -2.43. The highest BCUT2D eigenvalue weighted by Gasteiger charge is 2.25. The van der Waals surface area contributed by atoms with E-state index in [2.05, 4.69) is 10.6 Å². The number of nitrogens with one attached hydrogen (secondary N) is 2. The number of rotatable bonds is 3. The molecule has 0 bridgehead atoms. The lowest BCUT2D eigenvalue weighted by molar-refractivity contribution is -0.126. The first-order valence-electron chi connectivity index (χ1n) is 6.08. The van der Waals surface area contributed by atoms with Crippen molar-refractivity contribution in [3.8, 4) is 0 Å². The summed E-state index contributed by atoms with van der Waals surface area (Å²) in [4.78, 5) is 11.8. The minimum absolute atomic E-state index is 0.0878. The van der Waals surface area contributed by atoms with Crippen LogP contribution >= 0.6 is 0 Å². The SMILES string of the molecule is CC(C)(C)C(O)CNC(=O)C1CCNCC1. The molecule has 1 heterocycles. The molecule has 0 radical (unpaired) electrons. The van der Waals surface area contributed by atoms with E-state index in [0.29, 0.717) is 6.54 Å². The summed E-state index contributed by atoms with van der Waals surface area (Å²) in [6.07, 6.45) is 1.31. The molecule has 1 fully saturated rings. The fourth-order valence-corrected chi connectivity index (χ4v) is 1.73. The Balaban J connectivity index is 2.29. The van der Waals surface area contributed by atoms with Crippen LogP contribution in [0.25, 0.3) is 0 Å². The third-order valence-electron chi connectivity index (χ3n) is 3.18. The Hall–Kier alpha value is -0.610. The van der Waals surface area contributed by atoms with Gasteiger partial charge in [0.05, 0.1) is 6.10 Å². The number of carbonyl (C=O) groups is 1. The van der Waals surface area contributed by atoms with Crippen LogP contribution < -0.4 is 10.6 Å². The first-order chi connectivity index (χ1) is 7.41. The highest BCUT2D eigenvalue weighted by atomic mass is 16.3. The molecule has 1 unspecified atom stereocenters. The van der Waals surface area contributed by atoms with Crippen LogP contribution in [-0.4, -0.2) is 36.8 Å². The molecule has 0 saturated carbocycles. The van der Waals surface area contributed by atoms with E-state index in [0.717, 1.165) is 25.9 Å². The van der Waals surface area contributed by atoms with Crippen LogP contribution in [0.1, 0.15) is 33.6 Å². The van der Waals surface area contributed by atoms with Crippen molar-refractivity contribution in [3.63, 3.8) is 0 Å². The van der Waals surface area contributed by atoms with Crippen molar-refractivity contribution in [1.29, 1.82) is 0 Å². The number of amides is 1. The maximum atomic E-state index is 11.8. The molecular weight excluding hydrogens is 204 g/mol. The summed E-state index contributed by atoms with van der Waals surface area (Å²) in [6, 6.07) is 0. The summed E-state index contributed by atoms with van der Waals surface area (Å²) in [5.41, 5.74) is -0.179. The molecule has 16 heavy (non-hydrogen) atoms.